The summed E-state index contributed by atoms with van der Waals surface area (Å²) in [5.74, 6) is -0.217. The van der Waals surface area contributed by atoms with Gasteiger partial charge in [0.2, 0.25) is 0 Å². The summed E-state index contributed by atoms with van der Waals surface area (Å²) in [7, 11) is 0. The van der Waals surface area contributed by atoms with E-state index in [2.05, 4.69) is 20.8 Å². The van der Waals surface area contributed by atoms with Gasteiger partial charge in [0.25, 0.3) is 5.91 Å². The van der Waals surface area contributed by atoms with E-state index in [1.165, 1.54) is 0 Å². The molecule has 5 nitrogen and oxygen atoms in total. The van der Waals surface area contributed by atoms with E-state index in [0.29, 0.717) is 22.9 Å². The third kappa shape index (κ3) is 3.20. The highest BCUT2D eigenvalue weighted by Gasteiger charge is 2.21. The first kappa shape index (κ1) is 15.8. The molecular weight excluding hydrogens is 311 g/mol. The zero-order chi connectivity index (χ0) is 14.1. The number of hydrogen-bond donors (Lipinski definition) is 3. The smallest absolute Gasteiger partial charge is 0.276 e. The molecule has 0 aliphatic carbocycles. The zero-order valence-corrected chi connectivity index (χ0v) is 13.1. The summed E-state index contributed by atoms with van der Waals surface area (Å²) in [5.41, 5.74) is 4.09. The molecule has 1 aromatic carbocycles. The van der Waals surface area contributed by atoms with Crippen LogP contribution in [0, 0.1) is 6.92 Å². The maximum absolute atomic E-state index is 12.3. The summed E-state index contributed by atoms with van der Waals surface area (Å²) in [6.07, 6.45) is 0.867. The van der Waals surface area contributed by atoms with Crippen molar-refractivity contribution in [3.63, 3.8) is 0 Å². The predicted octanol–water partition coefficient (Wildman–Crippen LogP) is 2.69. The summed E-state index contributed by atoms with van der Waals surface area (Å²) >= 11 is 6.05. The molecule has 0 saturated heterocycles. The number of H-pyrrole nitrogens is 1. The van der Waals surface area contributed by atoms with Gasteiger partial charge in [-0.1, -0.05) is 17.7 Å². The first-order valence-corrected chi connectivity index (χ1v) is 6.87. The molecule has 7 heteroatoms. The molecule has 2 aromatic rings. The molecule has 0 unspecified atom stereocenters. The van der Waals surface area contributed by atoms with E-state index in [0.717, 1.165) is 29.8 Å². The number of benzene rings is 1. The van der Waals surface area contributed by atoms with E-state index < -0.39 is 0 Å². The van der Waals surface area contributed by atoms with E-state index in [4.69, 9.17) is 11.6 Å². The third-order valence-corrected chi connectivity index (χ3v) is 3.86. The number of fused-ring (bicyclic) bond motifs is 1. The standard InChI is InChI=1S/C14H15ClN4O.ClH/c1-8-2-3-9(6-11(8)15)17-14(20)13-10-7-16-5-4-12(10)18-19-13;/h2-3,6,16H,4-5,7H2,1H3,(H,17,20)(H,18,19);1H. The Morgan fingerprint density at radius 1 is 1.43 bits per heavy atom. The van der Waals surface area contributed by atoms with Gasteiger partial charge in [0.1, 0.15) is 0 Å². The first-order chi connectivity index (χ1) is 9.65. The Kier molecular flexibility index (Phi) is 4.88. The maximum Gasteiger partial charge on any atom is 0.276 e. The van der Waals surface area contributed by atoms with Crippen molar-refractivity contribution in [2.45, 2.75) is 19.9 Å². The molecule has 0 spiro atoms. The Labute approximate surface area is 133 Å². The predicted molar refractivity (Wildman–Crippen MR) is 85.4 cm³/mol. The number of rotatable bonds is 2. The highest BCUT2D eigenvalue weighted by Crippen LogP contribution is 2.21. The molecule has 1 aliphatic rings. The molecule has 21 heavy (non-hydrogen) atoms. The van der Waals surface area contributed by atoms with Crippen LogP contribution in [-0.2, 0) is 13.0 Å². The second kappa shape index (κ2) is 6.47. The maximum atomic E-state index is 12.3. The van der Waals surface area contributed by atoms with Gasteiger partial charge < -0.3 is 10.6 Å². The molecule has 3 rings (SSSR count). The number of nitrogens with zero attached hydrogens (tertiary/aromatic N) is 1. The summed E-state index contributed by atoms with van der Waals surface area (Å²) in [5, 5.41) is 13.8. The van der Waals surface area contributed by atoms with Gasteiger partial charge in [0.15, 0.2) is 5.69 Å². The Bertz CT molecular complexity index is 669. The lowest BCUT2D eigenvalue weighted by Gasteiger charge is -2.13. The number of anilines is 1. The summed E-state index contributed by atoms with van der Waals surface area (Å²) < 4.78 is 0. The molecule has 112 valence electrons. The molecule has 3 N–H and O–H groups in total. The number of nitrogens with one attached hydrogen (secondary N) is 3. The van der Waals surface area contributed by atoms with E-state index in [1.807, 2.05) is 19.1 Å². The molecule has 2 heterocycles. The van der Waals surface area contributed by atoms with Crippen LogP contribution in [0.15, 0.2) is 18.2 Å². The fraction of sp³-hybridized carbons (Fsp3) is 0.286. The van der Waals surface area contributed by atoms with E-state index >= 15 is 0 Å². The van der Waals surface area contributed by atoms with Crippen molar-refractivity contribution in [1.29, 1.82) is 0 Å². The van der Waals surface area contributed by atoms with Gasteiger partial charge in [0, 0.05) is 41.5 Å². The number of hydrogen-bond acceptors (Lipinski definition) is 3. The largest absolute Gasteiger partial charge is 0.321 e. The Morgan fingerprint density at radius 3 is 3.00 bits per heavy atom. The highest BCUT2D eigenvalue weighted by molar-refractivity contribution is 6.31. The fourth-order valence-electron chi connectivity index (χ4n) is 2.27. The molecule has 1 aromatic heterocycles. The lowest BCUT2D eigenvalue weighted by atomic mass is 10.1. The van der Waals surface area contributed by atoms with E-state index in [1.54, 1.807) is 6.07 Å². The van der Waals surface area contributed by atoms with Gasteiger partial charge in [-0.25, -0.2) is 0 Å². The van der Waals surface area contributed by atoms with Crippen molar-refractivity contribution < 1.29 is 4.79 Å². The minimum atomic E-state index is -0.217. The van der Waals surface area contributed by atoms with Gasteiger partial charge in [-0.15, -0.1) is 12.4 Å². The van der Waals surface area contributed by atoms with Crippen molar-refractivity contribution in [1.82, 2.24) is 15.5 Å². The van der Waals surface area contributed by atoms with Crippen LogP contribution in [0.1, 0.15) is 27.3 Å². The monoisotopic (exact) mass is 326 g/mol. The number of aromatic amines is 1. The molecule has 0 radical (unpaired) electrons. The summed E-state index contributed by atoms with van der Waals surface area (Å²) in [6.45, 7) is 3.50. The third-order valence-electron chi connectivity index (χ3n) is 3.45. The highest BCUT2D eigenvalue weighted by atomic mass is 35.5. The van der Waals surface area contributed by atoms with Crippen LogP contribution in [0.3, 0.4) is 0 Å². The van der Waals surface area contributed by atoms with Gasteiger partial charge >= 0.3 is 0 Å². The van der Waals surface area contributed by atoms with Crippen LogP contribution in [0.4, 0.5) is 5.69 Å². The molecule has 0 fully saturated rings. The van der Waals surface area contributed by atoms with Crippen LogP contribution in [0.25, 0.3) is 0 Å². The zero-order valence-electron chi connectivity index (χ0n) is 11.5. The van der Waals surface area contributed by atoms with Crippen molar-refractivity contribution in [2.24, 2.45) is 0 Å². The molecule has 0 atom stereocenters. The molecule has 1 amide bonds. The van der Waals surface area contributed by atoms with E-state index in [9.17, 15) is 4.79 Å². The fourth-order valence-corrected chi connectivity index (χ4v) is 2.45. The quantitative estimate of drug-likeness (QED) is 0.794. The number of carbonyl (C=O) groups is 1. The van der Waals surface area contributed by atoms with Crippen molar-refractivity contribution >= 4 is 35.6 Å². The molecular formula is C14H16Cl2N4O. The molecule has 0 bridgehead atoms. The first-order valence-electron chi connectivity index (χ1n) is 6.49. The lowest BCUT2D eigenvalue weighted by molar-refractivity contribution is 0.102. The second-order valence-electron chi connectivity index (χ2n) is 4.87. The SMILES string of the molecule is Cc1ccc(NC(=O)c2n[nH]c3c2CNCC3)cc1Cl.Cl. The summed E-state index contributed by atoms with van der Waals surface area (Å²) in [4.78, 5) is 12.3. The Morgan fingerprint density at radius 2 is 2.24 bits per heavy atom. The number of halogens is 2. The van der Waals surface area contributed by atoms with Crippen LogP contribution >= 0.6 is 24.0 Å². The lowest BCUT2D eigenvalue weighted by Crippen LogP contribution is -2.25. The average Bonchev–Trinajstić information content (AvgIpc) is 2.87. The van der Waals surface area contributed by atoms with Gasteiger partial charge in [-0.2, -0.15) is 5.10 Å². The number of aryl methyl sites for hydroxylation is 1. The van der Waals surface area contributed by atoms with Crippen LogP contribution in [0.2, 0.25) is 5.02 Å². The van der Waals surface area contributed by atoms with Gasteiger partial charge in [-0.3, -0.25) is 9.89 Å². The van der Waals surface area contributed by atoms with Crippen LogP contribution < -0.4 is 10.6 Å². The van der Waals surface area contributed by atoms with Crippen molar-refractivity contribution in [3.8, 4) is 0 Å². The van der Waals surface area contributed by atoms with Crippen molar-refractivity contribution in [3.05, 3.63) is 45.7 Å². The molecule has 1 aliphatic heterocycles. The van der Waals surface area contributed by atoms with Gasteiger partial charge in [-0.05, 0) is 24.6 Å². The molecule has 0 saturated carbocycles. The summed E-state index contributed by atoms with van der Waals surface area (Å²) in [6, 6.07) is 5.45. The van der Waals surface area contributed by atoms with Crippen LogP contribution in [-0.4, -0.2) is 22.6 Å². The normalized spacial score (nSPS) is 13.2. The van der Waals surface area contributed by atoms with Crippen molar-refractivity contribution in [2.75, 3.05) is 11.9 Å². The minimum absolute atomic E-state index is 0. The number of carbonyl (C=O) groups excluding carboxylic acids is 1. The van der Waals surface area contributed by atoms with Gasteiger partial charge in [0.05, 0.1) is 0 Å². The van der Waals surface area contributed by atoms with Crippen LogP contribution in [0.5, 0.6) is 0 Å². The average molecular weight is 327 g/mol. The minimum Gasteiger partial charge on any atom is -0.321 e. The Hall–Kier alpha value is -1.56. The second-order valence-corrected chi connectivity index (χ2v) is 5.28. The Balaban J connectivity index is 0.00000161. The topological polar surface area (TPSA) is 69.8 Å². The number of aromatic nitrogens is 2. The number of amides is 1. The van der Waals surface area contributed by atoms with E-state index in [-0.39, 0.29) is 18.3 Å².